The van der Waals surface area contributed by atoms with Crippen LogP contribution in [0.4, 0.5) is 17.1 Å². The van der Waals surface area contributed by atoms with Crippen molar-refractivity contribution in [3.63, 3.8) is 0 Å². The lowest BCUT2D eigenvalue weighted by atomic mass is 10.2. The molecule has 0 atom stereocenters. The van der Waals surface area contributed by atoms with Crippen molar-refractivity contribution in [2.45, 2.75) is 0 Å². The fourth-order valence-electron chi connectivity index (χ4n) is 2.84. The van der Waals surface area contributed by atoms with Gasteiger partial charge in [0.15, 0.2) is 5.75 Å². The lowest BCUT2D eigenvalue weighted by Crippen LogP contribution is -2.09. The van der Waals surface area contributed by atoms with Crippen LogP contribution in [-0.2, 0) is 0 Å². The summed E-state index contributed by atoms with van der Waals surface area (Å²) < 4.78 is 6.83. The molecule has 0 saturated heterocycles. The van der Waals surface area contributed by atoms with Gasteiger partial charge in [0.25, 0.3) is 0 Å². The molecule has 0 heterocycles. The number of carbonyl (C=O) groups excluding carboxylic acids is 1. The number of aliphatic imine (C=N–C) groups is 1. The predicted octanol–water partition coefficient (Wildman–Crippen LogP) is 8.60. The van der Waals surface area contributed by atoms with Crippen LogP contribution in [0.25, 0.3) is 0 Å². The zero-order valence-corrected chi connectivity index (χ0v) is 20.4. The summed E-state index contributed by atoms with van der Waals surface area (Å²) in [6.45, 7) is 0. The summed E-state index contributed by atoms with van der Waals surface area (Å²) in [6, 6.07) is 29.5. The molecule has 0 aliphatic carbocycles. The molecule has 0 radical (unpaired) electrons. The third kappa shape index (κ3) is 6.31. The highest BCUT2D eigenvalue weighted by atomic mass is 79.9. The second-order valence-electron chi connectivity index (χ2n) is 6.88. The van der Waals surface area contributed by atoms with Crippen molar-refractivity contribution in [3.05, 3.63) is 117 Å². The molecule has 0 aromatic heterocycles. The first-order valence-corrected chi connectivity index (χ1v) is 11.5. The zero-order valence-electron chi connectivity index (χ0n) is 17.2. The second-order valence-corrected chi connectivity index (χ2v) is 8.59. The highest BCUT2D eigenvalue weighted by molar-refractivity contribution is 9.11. The highest BCUT2D eigenvalue weighted by Gasteiger charge is 2.14. The average molecular weight is 563 g/mol. The number of benzene rings is 4. The SMILES string of the molecule is O=C(Oc1c(Br)cc(C=Nc2ccc(N=Nc3ccccc3)cc2)cc1Br)c1ccccc1. The largest absolute Gasteiger partial charge is 0.421 e. The Labute approximate surface area is 208 Å². The molecular weight excluding hydrogens is 546 g/mol. The van der Waals surface area contributed by atoms with Gasteiger partial charge >= 0.3 is 5.97 Å². The van der Waals surface area contributed by atoms with Crippen molar-refractivity contribution in [2.75, 3.05) is 0 Å². The van der Waals surface area contributed by atoms with E-state index < -0.39 is 5.97 Å². The molecule has 5 nitrogen and oxygen atoms in total. The number of carbonyl (C=O) groups is 1. The molecule has 7 heteroatoms. The third-order valence-corrected chi connectivity index (χ3v) is 5.65. The summed E-state index contributed by atoms with van der Waals surface area (Å²) in [4.78, 5) is 16.9. The number of halogens is 2. The number of ether oxygens (including phenoxy) is 1. The van der Waals surface area contributed by atoms with E-state index in [4.69, 9.17) is 4.74 Å². The van der Waals surface area contributed by atoms with E-state index in [0.717, 1.165) is 22.6 Å². The topological polar surface area (TPSA) is 63.4 Å². The van der Waals surface area contributed by atoms with E-state index in [0.29, 0.717) is 20.3 Å². The Morgan fingerprint density at radius 1 is 0.697 bits per heavy atom. The Balaban J connectivity index is 1.44. The summed E-state index contributed by atoms with van der Waals surface area (Å²) in [5, 5.41) is 8.44. The van der Waals surface area contributed by atoms with Gasteiger partial charge in [-0.1, -0.05) is 36.4 Å². The van der Waals surface area contributed by atoms with Gasteiger partial charge in [0.05, 0.1) is 31.6 Å². The highest BCUT2D eigenvalue weighted by Crippen LogP contribution is 2.35. The van der Waals surface area contributed by atoms with Gasteiger partial charge in [0.2, 0.25) is 0 Å². The number of rotatable bonds is 6. The van der Waals surface area contributed by atoms with Gasteiger partial charge in [-0.25, -0.2) is 4.79 Å². The van der Waals surface area contributed by atoms with Gasteiger partial charge in [-0.2, -0.15) is 10.2 Å². The number of azo groups is 1. The van der Waals surface area contributed by atoms with E-state index in [1.807, 2.05) is 72.8 Å². The fourth-order valence-corrected chi connectivity index (χ4v) is 4.23. The number of esters is 1. The molecule has 162 valence electrons. The van der Waals surface area contributed by atoms with Crippen LogP contribution in [-0.4, -0.2) is 12.2 Å². The van der Waals surface area contributed by atoms with E-state index in [9.17, 15) is 4.79 Å². The van der Waals surface area contributed by atoms with Gasteiger partial charge in [-0.3, -0.25) is 4.99 Å². The first kappa shape index (κ1) is 22.8. The number of hydrogen-bond acceptors (Lipinski definition) is 5. The van der Waals surface area contributed by atoms with Gasteiger partial charge in [0.1, 0.15) is 0 Å². The molecule has 0 amide bonds. The second kappa shape index (κ2) is 10.9. The Kier molecular flexibility index (Phi) is 7.55. The minimum Gasteiger partial charge on any atom is -0.421 e. The minimum absolute atomic E-state index is 0.411. The van der Waals surface area contributed by atoms with Crippen LogP contribution in [0, 0.1) is 0 Å². The maximum Gasteiger partial charge on any atom is 0.343 e. The van der Waals surface area contributed by atoms with Crippen LogP contribution in [0.3, 0.4) is 0 Å². The first-order valence-electron chi connectivity index (χ1n) is 9.96. The summed E-state index contributed by atoms with van der Waals surface area (Å²) in [5.41, 5.74) is 3.64. The standard InChI is InChI=1S/C26H17Br2N3O2/c27-23-15-18(16-24(28)25(23)33-26(32)19-7-3-1-4-8-19)17-29-20-11-13-22(14-12-20)31-30-21-9-5-2-6-10-21/h1-17H. The van der Waals surface area contributed by atoms with Gasteiger partial charge < -0.3 is 4.74 Å². The minimum atomic E-state index is -0.428. The van der Waals surface area contributed by atoms with Gasteiger partial charge in [-0.05, 0) is 98.1 Å². The average Bonchev–Trinajstić information content (AvgIpc) is 2.85. The summed E-state index contributed by atoms with van der Waals surface area (Å²) >= 11 is 6.96. The Morgan fingerprint density at radius 3 is 1.82 bits per heavy atom. The van der Waals surface area contributed by atoms with Crippen LogP contribution in [0.2, 0.25) is 0 Å². The smallest absolute Gasteiger partial charge is 0.343 e. The normalized spacial score (nSPS) is 11.2. The molecule has 0 bridgehead atoms. The molecule has 0 unspecified atom stereocenters. The molecule has 4 rings (SSSR count). The van der Waals surface area contributed by atoms with Crippen molar-refractivity contribution in [3.8, 4) is 5.75 Å². The summed E-state index contributed by atoms with van der Waals surface area (Å²) in [6.07, 6.45) is 1.73. The fraction of sp³-hybridized carbons (Fsp3) is 0. The molecule has 0 saturated carbocycles. The van der Waals surface area contributed by atoms with Crippen LogP contribution < -0.4 is 4.74 Å². The summed E-state index contributed by atoms with van der Waals surface area (Å²) in [5.74, 6) is -0.0166. The lowest BCUT2D eigenvalue weighted by Gasteiger charge is -2.09. The van der Waals surface area contributed by atoms with Crippen LogP contribution in [0.5, 0.6) is 5.75 Å². The first-order chi connectivity index (χ1) is 16.1. The van der Waals surface area contributed by atoms with Crippen molar-refractivity contribution >= 4 is 61.1 Å². The van der Waals surface area contributed by atoms with Gasteiger partial charge in [-0.15, -0.1) is 0 Å². The monoisotopic (exact) mass is 561 g/mol. The third-order valence-electron chi connectivity index (χ3n) is 4.47. The molecule has 4 aromatic carbocycles. The van der Waals surface area contributed by atoms with E-state index >= 15 is 0 Å². The number of hydrogen-bond donors (Lipinski definition) is 0. The Hall–Kier alpha value is -3.42. The van der Waals surface area contributed by atoms with Crippen molar-refractivity contribution < 1.29 is 9.53 Å². The molecular formula is C26H17Br2N3O2. The molecule has 0 fully saturated rings. The van der Waals surface area contributed by atoms with Crippen LogP contribution in [0.15, 0.2) is 121 Å². The van der Waals surface area contributed by atoms with Crippen LogP contribution in [0.1, 0.15) is 15.9 Å². The van der Waals surface area contributed by atoms with E-state index in [2.05, 4.69) is 47.1 Å². The predicted molar refractivity (Wildman–Crippen MR) is 138 cm³/mol. The maximum absolute atomic E-state index is 12.4. The Morgan fingerprint density at radius 2 is 1.21 bits per heavy atom. The van der Waals surface area contributed by atoms with Crippen molar-refractivity contribution in [2.24, 2.45) is 15.2 Å². The van der Waals surface area contributed by atoms with Crippen LogP contribution >= 0.6 is 31.9 Å². The van der Waals surface area contributed by atoms with E-state index in [1.165, 1.54) is 0 Å². The Bertz CT molecular complexity index is 1280. The molecule has 0 aliphatic heterocycles. The molecule has 0 spiro atoms. The maximum atomic E-state index is 12.4. The lowest BCUT2D eigenvalue weighted by molar-refractivity contribution is 0.0732. The molecule has 33 heavy (non-hydrogen) atoms. The molecule has 0 aliphatic rings. The molecule has 0 N–H and O–H groups in total. The zero-order chi connectivity index (χ0) is 23.0. The van der Waals surface area contributed by atoms with E-state index in [1.54, 1.807) is 30.5 Å². The van der Waals surface area contributed by atoms with Crippen molar-refractivity contribution in [1.82, 2.24) is 0 Å². The van der Waals surface area contributed by atoms with Crippen molar-refractivity contribution in [1.29, 1.82) is 0 Å². The quantitative estimate of drug-likeness (QED) is 0.102. The van der Waals surface area contributed by atoms with Gasteiger partial charge in [0, 0.05) is 6.21 Å². The number of nitrogens with zero attached hydrogens (tertiary/aromatic N) is 3. The summed E-state index contributed by atoms with van der Waals surface area (Å²) in [7, 11) is 0. The molecule has 4 aromatic rings. The van der Waals surface area contributed by atoms with E-state index in [-0.39, 0.29) is 0 Å².